The molecule has 0 aliphatic rings. The molecule has 0 atom stereocenters. The number of rotatable bonds is 3. The first-order chi connectivity index (χ1) is 11.0. The Kier molecular flexibility index (Phi) is 3.93. The van der Waals surface area contributed by atoms with E-state index in [1.165, 1.54) is 0 Å². The van der Waals surface area contributed by atoms with Crippen LogP contribution in [-0.4, -0.2) is 11.0 Å². The van der Waals surface area contributed by atoms with Gasteiger partial charge in [-0.2, -0.15) is 0 Å². The van der Waals surface area contributed by atoms with E-state index >= 15 is 0 Å². The molecular formula is C18H15NO4. The van der Waals surface area contributed by atoms with Crippen molar-refractivity contribution in [1.82, 2.24) is 4.98 Å². The molecule has 0 aliphatic heterocycles. The van der Waals surface area contributed by atoms with Gasteiger partial charge in [-0.25, -0.2) is 9.78 Å². The molecule has 0 aliphatic carbocycles. The maximum atomic E-state index is 12.0. The molecule has 1 heterocycles. The Morgan fingerprint density at radius 2 is 1.78 bits per heavy atom. The second-order valence-corrected chi connectivity index (χ2v) is 5.42. The summed E-state index contributed by atoms with van der Waals surface area (Å²) in [5.41, 5.74) is 0.784. The Morgan fingerprint density at radius 1 is 1.09 bits per heavy atom. The molecule has 0 fully saturated rings. The summed E-state index contributed by atoms with van der Waals surface area (Å²) >= 11 is 0. The Hall–Kier alpha value is -2.95. The molecule has 0 N–H and O–H groups in total. The van der Waals surface area contributed by atoms with E-state index in [4.69, 9.17) is 9.15 Å². The molecule has 116 valence electrons. The first-order valence-corrected chi connectivity index (χ1v) is 7.26. The molecule has 2 aromatic carbocycles. The van der Waals surface area contributed by atoms with E-state index in [1.54, 1.807) is 56.3 Å². The van der Waals surface area contributed by atoms with Gasteiger partial charge >= 0.3 is 11.6 Å². The van der Waals surface area contributed by atoms with E-state index in [2.05, 4.69) is 4.98 Å². The standard InChI is InChI=1S/C18H15NO4/c1-11(2)17(20)22-13-9-7-12(8-10-13)16-19-15-6-4-3-5-14(15)18(21)23-16/h3-11H,1-2H3. The van der Waals surface area contributed by atoms with Crippen molar-refractivity contribution >= 4 is 16.9 Å². The number of aromatic nitrogens is 1. The predicted molar refractivity (Wildman–Crippen MR) is 86.2 cm³/mol. The van der Waals surface area contributed by atoms with Crippen molar-refractivity contribution in [2.24, 2.45) is 5.92 Å². The highest BCUT2D eigenvalue weighted by molar-refractivity contribution is 5.78. The van der Waals surface area contributed by atoms with Crippen molar-refractivity contribution in [2.45, 2.75) is 13.8 Å². The third-order valence-electron chi connectivity index (χ3n) is 3.33. The van der Waals surface area contributed by atoms with Gasteiger partial charge in [-0.3, -0.25) is 4.79 Å². The van der Waals surface area contributed by atoms with Gasteiger partial charge in [-0.1, -0.05) is 26.0 Å². The van der Waals surface area contributed by atoms with Crippen LogP contribution in [0.3, 0.4) is 0 Å². The maximum absolute atomic E-state index is 12.0. The maximum Gasteiger partial charge on any atom is 0.347 e. The molecule has 3 aromatic rings. The number of hydrogen-bond donors (Lipinski definition) is 0. The van der Waals surface area contributed by atoms with Crippen LogP contribution >= 0.6 is 0 Å². The second kappa shape index (κ2) is 6.04. The normalized spacial score (nSPS) is 10.9. The third-order valence-corrected chi connectivity index (χ3v) is 3.33. The Balaban J connectivity index is 1.93. The van der Waals surface area contributed by atoms with Gasteiger partial charge in [0.2, 0.25) is 5.89 Å². The average Bonchev–Trinajstić information content (AvgIpc) is 2.55. The first-order valence-electron chi connectivity index (χ1n) is 7.26. The lowest BCUT2D eigenvalue weighted by Crippen LogP contribution is -2.14. The monoisotopic (exact) mass is 309 g/mol. The minimum absolute atomic E-state index is 0.199. The lowest BCUT2D eigenvalue weighted by Gasteiger charge is -2.07. The molecule has 0 saturated carbocycles. The van der Waals surface area contributed by atoms with Crippen molar-refractivity contribution in [3.63, 3.8) is 0 Å². The van der Waals surface area contributed by atoms with E-state index in [1.807, 2.05) is 6.07 Å². The molecule has 0 bridgehead atoms. The summed E-state index contributed by atoms with van der Waals surface area (Å²) in [6, 6.07) is 13.7. The highest BCUT2D eigenvalue weighted by Gasteiger charge is 2.11. The van der Waals surface area contributed by atoms with E-state index in [0.29, 0.717) is 22.2 Å². The summed E-state index contributed by atoms with van der Waals surface area (Å²) in [4.78, 5) is 27.9. The first kappa shape index (κ1) is 15.0. The van der Waals surface area contributed by atoms with Gasteiger partial charge in [-0.05, 0) is 36.4 Å². The van der Waals surface area contributed by atoms with Crippen LogP contribution in [0, 0.1) is 5.92 Å². The van der Waals surface area contributed by atoms with Gasteiger partial charge in [0, 0.05) is 5.56 Å². The van der Waals surface area contributed by atoms with Crippen LogP contribution in [0.1, 0.15) is 13.8 Å². The van der Waals surface area contributed by atoms with E-state index in [9.17, 15) is 9.59 Å². The zero-order valence-electron chi connectivity index (χ0n) is 12.8. The predicted octanol–water partition coefficient (Wildman–Crippen LogP) is 3.42. The third kappa shape index (κ3) is 3.13. The summed E-state index contributed by atoms with van der Waals surface area (Å²) in [6.45, 7) is 3.54. The quantitative estimate of drug-likeness (QED) is 0.547. The fourth-order valence-corrected chi connectivity index (χ4v) is 2.04. The van der Waals surface area contributed by atoms with Crippen LogP contribution in [0.2, 0.25) is 0 Å². The van der Waals surface area contributed by atoms with Crippen LogP contribution in [-0.2, 0) is 4.79 Å². The van der Waals surface area contributed by atoms with Crippen molar-refractivity contribution in [2.75, 3.05) is 0 Å². The fourth-order valence-electron chi connectivity index (χ4n) is 2.04. The summed E-state index contributed by atoms with van der Waals surface area (Å²) in [7, 11) is 0. The Labute approximate surface area is 132 Å². The van der Waals surface area contributed by atoms with E-state index in [0.717, 1.165) is 0 Å². The van der Waals surface area contributed by atoms with Gasteiger partial charge in [0.1, 0.15) is 5.75 Å². The van der Waals surface area contributed by atoms with Crippen LogP contribution in [0.5, 0.6) is 5.75 Å². The van der Waals surface area contributed by atoms with Crippen LogP contribution in [0.25, 0.3) is 22.4 Å². The summed E-state index contributed by atoms with van der Waals surface area (Å²) < 4.78 is 10.5. The molecule has 3 rings (SSSR count). The smallest absolute Gasteiger partial charge is 0.347 e. The Bertz CT molecular complexity index is 910. The lowest BCUT2D eigenvalue weighted by molar-refractivity contribution is -0.137. The van der Waals surface area contributed by atoms with Crippen molar-refractivity contribution in [1.29, 1.82) is 0 Å². The van der Waals surface area contributed by atoms with Gasteiger partial charge in [0.05, 0.1) is 16.8 Å². The molecule has 1 aromatic heterocycles. The van der Waals surface area contributed by atoms with E-state index < -0.39 is 5.63 Å². The van der Waals surface area contributed by atoms with Crippen molar-refractivity contribution < 1.29 is 13.9 Å². The second-order valence-electron chi connectivity index (χ2n) is 5.42. The molecule has 0 radical (unpaired) electrons. The number of ether oxygens (including phenoxy) is 1. The summed E-state index contributed by atoms with van der Waals surface area (Å²) in [5, 5.41) is 0.443. The Morgan fingerprint density at radius 3 is 2.48 bits per heavy atom. The molecule has 0 spiro atoms. The van der Waals surface area contributed by atoms with Crippen molar-refractivity contribution in [3.05, 3.63) is 59.0 Å². The van der Waals surface area contributed by atoms with E-state index in [-0.39, 0.29) is 17.8 Å². The highest BCUT2D eigenvalue weighted by atomic mass is 16.5. The molecule has 5 nitrogen and oxygen atoms in total. The van der Waals surface area contributed by atoms with Crippen LogP contribution in [0.15, 0.2) is 57.7 Å². The SMILES string of the molecule is CC(C)C(=O)Oc1ccc(-c2nc3ccccc3c(=O)o2)cc1. The largest absolute Gasteiger partial charge is 0.426 e. The number of fused-ring (bicyclic) bond motifs is 1. The summed E-state index contributed by atoms with van der Waals surface area (Å²) in [6.07, 6.45) is 0. The fraction of sp³-hybridized carbons (Fsp3) is 0.167. The number of hydrogen-bond acceptors (Lipinski definition) is 5. The topological polar surface area (TPSA) is 69.4 Å². The number of carbonyl (C=O) groups is 1. The summed E-state index contributed by atoms with van der Waals surface area (Å²) in [5.74, 6) is 0.175. The molecule has 23 heavy (non-hydrogen) atoms. The zero-order valence-corrected chi connectivity index (χ0v) is 12.8. The van der Waals surface area contributed by atoms with Gasteiger partial charge in [0.15, 0.2) is 0 Å². The molecular weight excluding hydrogens is 294 g/mol. The van der Waals surface area contributed by atoms with Gasteiger partial charge < -0.3 is 9.15 Å². The number of benzene rings is 2. The van der Waals surface area contributed by atoms with Gasteiger partial charge in [-0.15, -0.1) is 0 Å². The van der Waals surface area contributed by atoms with Crippen LogP contribution < -0.4 is 10.4 Å². The van der Waals surface area contributed by atoms with Crippen molar-refractivity contribution in [3.8, 4) is 17.2 Å². The number of nitrogens with zero attached hydrogens (tertiary/aromatic N) is 1. The number of carbonyl (C=O) groups excluding carboxylic acids is 1. The number of esters is 1. The molecule has 0 unspecified atom stereocenters. The molecule has 0 amide bonds. The van der Waals surface area contributed by atoms with Gasteiger partial charge in [0.25, 0.3) is 0 Å². The minimum Gasteiger partial charge on any atom is -0.426 e. The highest BCUT2D eigenvalue weighted by Crippen LogP contribution is 2.22. The average molecular weight is 309 g/mol. The zero-order chi connectivity index (χ0) is 16.4. The molecule has 0 saturated heterocycles. The lowest BCUT2D eigenvalue weighted by atomic mass is 10.2. The minimum atomic E-state index is -0.430. The van der Waals surface area contributed by atoms with Crippen LogP contribution in [0.4, 0.5) is 0 Å². The number of para-hydroxylation sites is 1. The molecule has 5 heteroatoms.